The highest BCUT2D eigenvalue weighted by molar-refractivity contribution is 6.09. The number of carbonyl (C=O) groups is 4. The number of nitrogens with zero attached hydrogens (tertiary/aromatic N) is 2. The number of ether oxygens (including phenoxy) is 1. The van der Waals surface area contributed by atoms with Gasteiger partial charge in [0.05, 0.1) is 18.9 Å². The average Bonchev–Trinajstić information content (AvgIpc) is 3.10. The van der Waals surface area contributed by atoms with E-state index < -0.39 is 47.5 Å². The Morgan fingerprint density at radius 1 is 0.953 bits per heavy atom. The zero-order valence-electron chi connectivity index (χ0n) is 23.3. The summed E-state index contributed by atoms with van der Waals surface area (Å²) in [7, 11) is 0. The summed E-state index contributed by atoms with van der Waals surface area (Å²) in [5.74, 6) is -4.60. The number of carbonyl (C=O) groups excluding carboxylic acids is 4. The van der Waals surface area contributed by atoms with Crippen LogP contribution in [0.1, 0.15) is 30.2 Å². The molecule has 3 aromatic rings. The number of amides is 4. The first-order valence-electron chi connectivity index (χ1n) is 13.7. The van der Waals surface area contributed by atoms with Crippen molar-refractivity contribution in [3.05, 3.63) is 89.5 Å². The van der Waals surface area contributed by atoms with Gasteiger partial charge in [0.2, 0.25) is 11.8 Å². The second kappa shape index (κ2) is 12.7. The van der Waals surface area contributed by atoms with Crippen LogP contribution in [0.4, 0.5) is 14.5 Å². The number of fused-ring (bicyclic) bond motifs is 3. The Balaban J connectivity index is 1.39. The normalized spacial score (nSPS) is 17.7. The highest BCUT2D eigenvalue weighted by atomic mass is 19.1. The van der Waals surface area contributed by atoms with Gasteiger partial charge in [0.25, 0.3) is 11.8 Å². The Bertz CT molecular complexity index is 1540. The van der Waals surface area contributed by atoms with Crippen molar-refractivity contribution in [1.29, 1.82) is 0 Å². The van der Waals surface area contributed by atoms with Crippen LogP contribution in [-0.2, 0) is 23.9 Å². The molecule has 3 unspecified atom stereocenters. The maximum Gasteiger partial charge on any atom is 0.254 e. The molecule has 3 N–H and O–H groups in total. The van der Waals surface area contributed by atoms with E-state index in [2.05, 4.69) is 10.6 Å². The molecule has 2 aliphatic heterocycles. The molecule has 2 aliphatic rings. The van der Waals surface area contributed by atoms with Crippen molar-refractivity contribution in [3.8, 4) is 11.1 Å². The number of hydrogen-bond donors (Lipinski definition) is 3. The highest BCUT2D eigenvalue weighted by Crippen LogP contribution is 2.40. The molecule has 224 valence electrons. The van der Waals surface area contributed by atoms with Gasteiger partial charge in [-0.2, -0.15) is 0 Å². The Morgan fingerprint density at radius 2 is 1.58 bits per heavy atom. The predicted molar refractivity (Wildman–Crippen MR) is 151 cm³/mol. The van der Waals surface area contributed by atoms with Gasteiger partial charge in [-0.3, -0.25) is 19.2 Å². The summed E-state index contributed by atoms with van der Waals surface area (Å²) in [5, 5.41) is 15.4. The quantitative estimate of drug-likeness (QED) is 0.386. The van der Waals surface area contributed by atoms with Crippen LogP contribution in [0.2, 0.25) is 0 Å². The summed E-state index contributed by atoms with van der Waals surface area (Å²) in [6, 6.07) is 13.9. The number of nitrogens with one attached hydrogen (secondary N) is 2. The molecule has 0 aromatic heterocycles. The van der Waals surface area contributed by atoms with Crippen molar-refractivity contribution in [2.24, 2.45) is 0 Å². The van der Waals surface area contributed by atoms with Gasteiger partial charge >= 0.3 is 0 Å². The third kappa shape index (κ3) is 6.40. The fraction of sp³-hybridized carbons (Fsp3) is 0.290. The van der Waals surface area contributed by atoms with E-state index in [1.54, 1.807) is 35.2 Å². The van der Waals surface area contributed by atoms with Gasteiger partial charge in [0.1, 0.15) is 30.3 Å². The van der Waals surface area contributed by atoms with E-state index in [1.165, 1.54) is 11.8 Å². The van der Waals surface area contributed by atoms with Crippen LogP contribution >= 0.6 is 0 Å². The van der Waals surface area contributed by atoms with Gasteiger partial charge in [-0.25, -0.2) is 8.78 Å². The van der Waals surface area contributed by atoms with E-state index in [4.69, 9.17) is 4.74 Å². The number of aliphatic hydroxyl groups is 1. The van der Waals surface area contributed by atoms with Crippen molar-refractivity contribution in [1.82, 2.24) is 15.5 Å². The van der Waals surface area contributed by atoms with Crippen LogP contribution in [0.15, 0.2) is 66.7 Å². The van der Waals surface area contributed by atoms with E-state index in [1.807, 2.05) is 18.2 Å². The number of para-hydroxylation sites is 1. The van der Waals surface area contributed by atoms with Crippen molar-refractivity contribution in [2.45, 2.75) is 25.1 Å². The molecule has 0 bridgehead atoms. The van der Waals surface area contributed by atoms with Gasteiger partial charge in [0.15, 0.2) is 6.10 Å². The number of aliphatic hydroxyl groups excluding tert-OH is 1. The standard InChI is InChI=1S/C31H30F2N4O6/c1-18(34-30(41)28(39)19-14-20(32)16-21(33)15-19)29(40)35-27-24-8-3-2-6-22(24)23-7-4-5-9-25(23)37(31(27)42)17-26(38)36-10-12-43-13-11-36/h2-9,14-16,18,27-28,39H,10-13,17H2,1H3,(H,34,41)(H,35,40). The molecule has 10 nitrogen and oxygen atoms in total. The fourth-order valence-corrected chi connectivity index (χ4v) is 5.20. The van der Waals surface area contributed by atoms with Gasteiger partial charge in [-0.05, 0) is 41.8 Å². The van der Waals surface area contributed by atoms with E-state index >= 15 is 0 Å². The molecule has 0 saturated carbocycles. The molecular formula is C31H30F2N4O6. The molecular weight excluding hydrogens is 562 g/mol. The van der Waals surface area contributed by atoms with Crippen molar-refractivity contribution >= 4 is 29.3 Å². The summed E-state index contributed by atoms with van der Waals surface area (Å²) >= 11 is 0. The van der Waals surface area contributed by atoms with Crippen LogP contribution in [0, 0.1) is 11.6 Å². The SMILES string of the molecule is CC(NC(=O)C(O)c1cc(F)cc(F)c1)C(=O)NC1C(=O)N(CC(=O)N2CCOCC2)c2ccccc2-c2ccccc21. The minimum absolute atomic E-state index is 0.265. The van der Waals surface area contributed by atoms with Gasteiger partial charge in [0, 0.05) is 24.7 Å². The van der Waals surface area contributed by atoms with Crippen molar-refractivity contribution in [2.75, 3.05) is 37.7 Å². The smallest absolute Gasteiger partial charge is 0.254 e. The first kappa shape index (κ1) is 29.8. The molecule has 3 aromatic carbocycles. The monoisotopic (exact) mass is 592 g/mol. The van der Waals surface area contributed by atoms with E-state index in [-0.39, 0.29) is 18.0 Å². The lowest BCUT2D eigenvalue weighted by Crippen LogP contribution is -2.52. The summed E-state index contributed by atoms with van der Waals surface area (Å²) in [5.41, 5.74) is 2.05. The Labute approximate surface area is 246 Å². The zero-order chi connectivity index (χ0) is 30.7. The number of hydrogen-bond acceptors (Lipinski definition) is 6. The molecule has 0 spiro atoms. The zero-order valence-corrected chi connectivity index (χ0v) is 23.3. The van der Waals surface area contributed by atoms with E-state index in [0.717, 1.165) is 12.1 Å². The summed E-state index contributed by atoms with van der Waals surface area (Å²) in [4.78, 5) is 56.4. The van der Waals surface area contributed by atoms with Crippen LogP contribution < -0.4 is 15.5 Å². The number of anilines is 1. The number of morpholine rings is 1. The largest absolute Gasteiger partial charge is 0.378 e. The lowest BCUT2D eigenvalue weighted by Gasteiger charge is -2.31. The number of rotatable bonds is 7. The third-order valence-corrected chi connectivity index (χ3v) is 7.41. The van der Waals surface area contributed by atoms with Crippen LogP contribution in [-0.4, -0.2) is 72.5 Å². The van der Waals surface area contributed by atoms with Crippen LogP contribution in [0.3, 0.4) is 0 Å². The second-order valence-corrected chi connectivity index (χ2v) is 10.3. The lowest BCUT2D eigenvalue weighted by atomic mass is 9.95. The Kier molecular flexibility index (Phi) is 8.78. The first-order chi connectivity index (χ1) is 20.6. The highest BCUT2D eigenvalue weighted by Gasteiger charge is 2.37. The van der Waals surface area contributed by atoms with Crippen molar-refractivity contribution in [3.63, 3.8) is 0 Å². The predicted octanol–water partition coefficient (Wildman–Crippen LogP) is 2.23. The lowest BCUT2D eigenvalue weighted by molar-refractivity contribution is -0.136. The first-order valence-corrected chi connectivity index (χ1v) is 13.7. The molecule has 1 fully saturated rings. The molecule has 1 saturated heterocycles. The van der Waals surface area contributed by atoms with Gasteiger partial charge in [-0.15, -0.1) is 0 Å². The molecule has 43 heavy (non-hydrogen) atoms. The second-order valence-electron chi connectivity index (χ2n) is 10.3. The maximum absolute atomic E-state index is 14.1. The summed E-state index contributed by atoms with van der Waals surface area (Å²) in [6.45, 7) is 2.66. The fourth-order valence-electron chi connectivity index (χ4n) is 5.20. The van der Waals surface area contributed by atoms with Crippen molar-refractivity contribution < 1.29 is 37.8 Å². The Morgan fingerprint density at radius 3 is 2.28 bits per heavy atom. The molecule has 0 aliphatic carbocycles. The van der Waals surface area contributed by atoms with Gasteiger partial charge in [-0.1, -0.05) is 42.5 Å². The topological polar surface area (TPSA) is 128 Å². The minimum Gasteiger partial charge on any atom is -0.378 e. The molecule has 12 heteroatoms. The van der Waals surface area contributed by atoms with Crippen LogP contribution in [0.25, 0.3) is 11.1 Å². The van der Waals surface area contributed by atoms with E-state index in [9.17, 15) is 33.1 Å². The Hall–Kier alpha value is -4.68. The molecule has 0 radical (unpaired) electrons. The van der Waals surface area contributed by atoms with Gasteiger partial charge < -0.3 is 30.3 Å². The molecule has 5 rings (SSSR count). The molecule has 3 atom stereocenters. The molecule has 2 heterocycles. The summed E-state index contributed by atoms with van der Waals surface area (Å²) in [6.07, 6.45) is -1.95. The average molecular weight is 593 g/mol. The van der Waals surface area contributed by atoms with E-state index in [0.29, 0.717) is 54.7 Å². The number of halogens is 2. The maximum atomic E-state index is 14.1. The summed E-state index contributed by atoms with van der Waals surface area (Å²) < 4.78 is 32.5. The van der Waals surface area contributed by atoms with Crippen LogP contribution in [0.5, 0.6) is 0 Å². The molecule has 4 amide bonds. The minimum atomic E-state index is -1.95. The number of benzene rings is 3. The third-order valence-electron chi connectivity index (χ3n) is 7.41.